The van der Waals surface area contributed by atoms with Gasteiger partial charge in [0.15, 0.2) is 0 Å². The first-order valence-corrected chi connectivity index (χ1v) is 7.53. The van der Waals surface area contributed by atoms with Crippen molar-refractivity contribution in [3.63, 3.8) is 0 Å². The molecule has 0 radical (unpaired) electrons. The normalized spacial score (nSPS) is 12.7. The monoisotopic (exact) mass is 371 g/mol. The van der Waals surface area contributed by atoms with Gasteiger partial charge < -0.3 is 14.6 Å². The summed E-state index contributed by atoms with van der Waals surface area (Å²) in [7, 11) is 1.22. The molecule has 10 heteroatoms. The van der Waals surface area contributed by atoms with E-state index in [1.807, 2.05) is 0 Å². The lowest BCUT2D eigenvalue weighted by Gasteiger charge is -2.19. The molecule has 1 atom stereocenters. The first-order valence-electron chi connectivity index (χ1n) is 7.53. The summed E-state index contributed by atoms with van der Waals surface area (Å²) in [6.07, 6.45) is -4.73. The maximum absolute atomic E-state index is 12.5. The summed E-state index contributed by atoms with van der Waals surface area (Å²) < 4.78 is 46.2. The highest BCUT2D eigenvalue weighted by Gasteiger charge is 2.38. The number of rotatable bonds is 5. The zero-order valence-electron chi connectivity index (χ0n) is 14.1. The van der Waals surface area contributed by atoms with Gasteiger partial charge in [0.25, 0.3) is 5.91 Å². The van der Waals surface area contributed by atoms with E-state index in [4.69, 9.17) is 0 Å². The topological polar surface area (TPSA) is 94.3 Å². The molecular formula is C16H16F3N3O4. The van der Waals surface area contributed by atoms with Crippen LogP contribution in [0.1, 0.15) is 30.1 Å². The number of methoxy groups -OCH3 is 1. The van der Waals surface area contributed by atoms with E-state index < -0.39 is 30.0 Å². The number of nitrogens with one attached hydrogen (secondary N) is 1. The number of benzene rings is 1. The van der Waals surface area contributed by atoms with Crippen LogP contribution in [-0.2, 0) is 15.7 Å². The number of halogens is 3. The largest absolute Gasteiger partial charge is 0.471 e. The van der Waals surface area contributed by atoms with E-state index >= 15 is 0 Å². The fourth-order valence-corrected chi connectivity index (χ4v) is 2.08. The Bertz CT molecular complexity index is 785. The second-order valence-corrected chi connectivity index (χ2v) is 5.72. The van der Waals surface area contributed by atoms with Gasteiger partial charge in [-0.15, -0.1) is 0 Å². The molecule has 1 aromatic carbocycles. The maximum atomic E-state index is 12.5. The number of ether oxygens (including phenoxy) is 1. The van der Waals surface area contributed by atoms with Gasteiger partial charge in [-0.3, -0.25) is 4.79 Å². The Kier molecular flexibility index (Phi) is 5.63. The van der Waals surface area contributed by atoms with Crippen LogP contribution in [0.15, 0.2) is 28.8 Å². The Morgan fingerprint density at radius 2 is 1.81 bits per heavy atom. The van der Waals surface area contributed by atoms with Crippen molar-refractivity contribution in [2.75, 3.05) is 7.11 Å². The SMILES string of the molecule is COC(=O)[C@@H](NC(=O)c1ccc(-c2noc(C(F)(F)F)n2)cc1)C(C)C. The van der Waals surface area contributed by atoms with Crippen molar-refractivity contribution in [2.45, 2.75) is 26.1 Å². The maximum Gasteiger partial charge on any atom is 0.471 e. The van der Waals surface area contributed by atoms with Crippen molar-refractivity contribution in [3.05, 3.63) is 35.7 Å². The molecule has 0 saturated heterocycles. The van der Waals surface area contributed by atoms with Gasteiger partial charge in [-0.2, -0.15) is 18.2 Å². The van der Waals surface area contributed by atoms with E-state index in [0.717, 1.165) is 0 Å². The molecule has 1 N–H and O–H groups in total. The van der Waals surface area contributed by atoms with E-state index in [-0.39, 0.29) is 22.9 Å². The van der Waals surface area contributed by atoms with Gasteiger partial charge in [0.2, 0.25) is 5.82 Å². The second-order valence-electron chi connectivity index (χ2n) is 5.72. The van der Waals surface area contributed by atoms with Crippen molar-refractivity contribution in [1.29, 1.82) is 0 Å². The average molecular weight is 371 g/mol. The van der Waals surface area contributed by atoms with Crippen LogP contribution in [0.4, 0.5) is 13.2 Å². The molecule has 140 valence electrons. The van der Waals surface area contributed by atoms with Crippen LogP contribution >= 0.6 is 0 Å². The van der Waals surface area contributed by atoms with Gasteiger partial charge in [-0.05, 0) is 18.1 Å². The minimum atomic E-state index is -4.73. The first-order chi connectivity index (χ1) is 12.1. The van der Waals surface area contributed by atoms with Gasteiger partial charge in [0.1, 0.15) is 6.04 Å². The standard InChI is InChI=1S/C16H16F3N3O4/c1-8(2)11(14(24)25-3)20-13(23)10-6-4-9(5-7-10)12-21-15(26-22-12)16(17,18)19/h4-8,11H,1-3H3,(H,20,23)/t11-/m0/s1. The fraction of sp³-hybridized carbons (Fsp3) is 0.375. The van der Waals surface area contributed by atoms with Crippen LogP contribution in [0, 0.1) is 5.92 Å². The molecule has 1 amide bonds. The molecule has 2 aromatic rings. The summed E-state index contributed by atoms with van der Waals surface area (Å²) in [6.45, 7) is 3.50. The highest BCUT2D eigenvalue weighted by molar-refractivity contribution is 5.97. The smallest absolute Gasteiger partial charge is 0.467 e. The van der Waals surface area contributed by atoms with Gasteiger partial charge in [-0.1, -0.05) is 31.1 Å². The van der Waals surface area contributed by atoms with Gasteiger partial charge >= 0.3 is 18.0 Å². The molecule has 0 spiro atoms. The van der Waals surface area contributed by atoms with Crippen LogP contribution in [0.5, 0.6) is 0 Å². The molecule has 2 rings (SSSR count). The molecule has 0 bridgehead atoms. The molecule has 7 nitrogen and oxygen atoms in total. The third-order valence-corrected chi connectivity index (χ3v) is 3.48. The zero-order valence-corrected chi connectivity index (χ0v) is 14.1. The number of carbonyl (C=O) groups excluding carboxylic acids is 2. The lowest BCUT2D eigenvalue weighted by molar-refractivity contribution is -0.159. The van der Waals surface area contributed by atoms with Gasteiger partial charge in [0, 0.05) is 11.1 Å². The Balaban J connectivity index is 2.15. The molecule has 0 fully saturated rings. The van der Waals surface area contributed by atoms with Crippen LogP contribution in [0.2, 0.25) is 0 Å². The molecule has 1 heterocycles. The van der Waals surface area contributed by atoms with E-state index in [0.29, 0.717) is 0 Å². The third-order valence-electron chi connectivity index (χ3n) is 3.48. The molecule has 26 heavy (non-hydrogen) atoms. The van der Waals surface area contributed by atoms with Crippen LogP contribution in [0.3, 0.4) is 0 Å². The molecule has 0 aliphatic rings. The quantitative estimate of drug-likeness (QED) is 0.812. The van der Waals surface area contributed by atoms with Gasteiger partial charge in [-0.25, -0.2) is 4.79 Å². The number of hydrogen-bond donors (Lipinski definition) is 1. The van der Waals surface area contributed by atoms with E-state index in [9.17, 15) is 22.8 Å². The Labute approximate surface area is 146 Å². The predicted octanol–water partition coefficient (Wildman–Crippen LogP) is 2.68. The van der Waals surface area contributed by atoms with Crippen molar-refractivity contribution in [1.82, 2.24) is 15.5 Å². The first kappa shape index (κ1) is 19.4. The summed E-state index contributed by atoms with van der Waals surface area (Å²) in [4.78, 5) is 27.2. The zero-order chi connectivity index (χ0) is 19.5. The van der Waals surface area contributed by atoms with Crippen LogP contribution < -0.4 is 5.32 Å². The number of aromatic nitrogens is 2. The predicted molar refractivity (Wildman–Crippen MR) is 82.8 cm³/mol. The van der Waals surface area contributed by atoms with Crippen LogP contribution in [0.25, 0.3) is 11.4 Å². The summed E-state index contributed by atoms with van der Waals surface area (Å²) >= 11 is 0. The number of carbonyl (C=O) groups is 2. The third kappa shape index (κ3) is 4.38. The summed E-state index contributed by atoms with van der Waals surface area (Å²) in [5.74, 6) is -2.99. The lowest BCUT2D eigenvalue weighted by atomic mass is 10.0. The molecule has 0 aliphatic carbocycles. The summed E-state index contributed by atoms with van der Waals surface area (Å²) in [6, 6.07) is 4.69. The number of esters is 1. The average Bonchev–Trinajstić information content (AvgIpc) is 3.09. The van der Waals surface area contributed by atoms with E-state index in [2.05, 4.69) is 24.7 Å². The number of amides is 1. The highest BCUT2D eigenvalue weighted by atomic mass is 19.4. The van der Waals surface area contributed by atoms with E-state index in [1.165, 1.54) is 31.4 Å². The highest BCUT2D eigenvalue weighted by Crippen LogP contribution is 2.29. The second kappa shape index (κ2) is 7.54. The van der Waals surface area contributed by atoms with Gasteiger partial charge in [0.05, 0.1) is 7.11 Å². The number of hydrogen-bond acceptors (Lipinski definition) is 6. The number of nitrogens with zero attached hydrogens (tertiary/aromatic N) is 2. The Morgan fingerprint density at radius 1 is 1.19 bits per heavy atom. The van der Waals surface area contributed by atoms with E-state index in [1.54, 1.807) is 13.8 Å². The minimum absolute atomic E-state index is 0.189. The molecule has 0 saturated carbocycles. The molecule has 0 aliphatic heterocycles. The minimum Gasteiger partial charge on any atom is -0.467 e. The Hall–Kier alpha value is -2.91. The van der Waals surface area contributed by atoms with Crippen molar-refractivity contribution in [2.24, 2.45) is 5.92 Å². The van der Waals surface area contributed by atoms with Crippen molar-refractivity contribution >= 4 is 11.9 Å². The summed E-state index contributed by atoms with van der Waals surface area (Å²) in [5, 5.41) is 5.82. The molecule has 1 aromatic heterocycles. The number of alkyl halides is 3. The molecule has 0 unspecified atom stereocenters. The molecular weight excluding hydrogens is 355 g/mol. The van der Waals surface area contributed by atoms with Crippen LogP contribution in [-0.4, -0.2) is 35.2 Å². The summed E-state index contributed by atoms with van der Waals surface area (Å²) in [5.41, 5.74) is 0.456. The Morgan fingerprint density at radius 3 is 2.27 bits per heavy atom. The fourth-order valence-electron chi connectivity index (χ4n) is 2.08. The van der Waals surface area contributed by atoms with Crippen molar-refractivity contribution in [3.8, 4) is 11.4 Å². The van der Waals surface area contributed by atoms with Crippen molar-refractivity contribution < 1.29 is 32.0 Å². The lowest BCUT2D eigenvalue weighted by Crippen LogP contribution is -2.45.